The van der Waals surface area contributed by atoms with Gasteiger partial charge in [0, 0.05) is 23.5 Å². The second-order valence-electron chi connectivity index (χ2n) is 7.35. The van der Waals surface area contributed by atoms with Gasteiger partial charge in [-0.05, 0) is 31.4 Å². The Hall–Kier alpha value is -2.34. The summed E-state index contributed by atoms with van der Waals surface area (Å²) in [7, 11) is 0. The summed E-state index contributed by atoms with van der Waals surface area (Å²) in [5.41, 5.74) is 1.82. The SMILES string of the molecule is CC(OC1CCCCCC1)C(=O)NC(Cc1c[nH]c2ccccc12)C(=O)O. The Labute approximate surface area is 159 Å². The van der Waals surface area contributed by atoms with E-state index in [0.717, 1.165) is 42.1 Å². The molecule has 6 heteroatoms. The maximum absolute atomic E-state index is 12.5. The minimum absolute atomic E-state index is 0.0881. The molecule has 1 aromatic carbocycles. The third kappa shape index (κ3) is 5.10. The Balaban J connectivity index is 1.61. The molecule has 0 bridgehead atoms. The molecule has 6 nitrogen and oxygen atoms in total. The van der Waals surface area contributed by atoms with Gasteiger partial charge in [0.15, 0.2) is 0 Å². The molecule has 1 saturated carbocycles. The lowest BCUT2D eigenvalue weighted by Crippen LogP contribution is -2.47. The molecular weight excluding hydrogens is 344 g/mol. The number of carbonyl (C=O) groups excluding carboxylic acids is 1. The van der Waals surface area contributed by atoms with Gasteiger partial charge in [-0.2, -0.15) is 0 Å². The first-order chi connectivity index (χ1) is 13.0. The highest BCUT2D eigenvalue weighted by Gasteiger charge is 2.26. The number of aromatic amines is 1. The van der Waals surface area contributed by atoms with E-state index in [0.29, 0.717) is 0 Å². The van der Waals surface area contributed by atoms with Crippen molar-refractivity contribution in [1.29, 1.82) is 0 Å². The van der Waals surface area contributed by atoms with Crippen LogP contribution in [0.4, 0.5) is 0 Å². The molecule has 3 rings (SSSR count). The van der Waals surface area contributed by atoms with Crippen molar-refractivity contribution >= 4 is 22.8 Å². The van der Waals surface area contributed by atoms with E-state index >= 15 is 0 Å². The molecule has 1 amide bonds. The fraction of sp³-hybridized carbons (Fsp3) is 0.524. The summed E-state index contributed by atoms with van der Waals surface area (Å²) < 4.78 is 5.91. The fourth-order valence-corrected chi connectivity index (χ4v) is 3.74. The monoisotopic (exact) mass is 372 g/mol. The third-order valence-electron chi connectivity index (χ3n) is 5.28. The third-order valence-corrected chi connectivity index (χ3v) is 5.28. The normalized spacial score (nSPS) is 18.0. The quantitative estimate of drug-likeness (QED) is 0.650. The van der Waals surface area contributed by atoms with Gasteiger partial charge < -0.3 is 20.1 Å². The van der Waals surface area contributed by atoms with Crippen LogP contribution in [0.1, 0.15) is 51.0 Å². The fourth-order valence-electron chi connectivity index (χ4n) is 3.74. The highest BCUT2D eigenvalue weighted by atomic mass is 16.5. The Kier molecular flexibility index (Phi) is 6.50. The molecule has 1 fully saturated rings. The molecule has 0 aliphatic heterocycles. The van der Waals surface area contributed by atoms with E-state index < -0.39 is 18.1 Å². The number of hydrogen-bond donors (Lipinski definition) is 3. The van der Waals surface area contributed by atoms with Crippen LogP contribution >= 0.6 is 0 Å². The summed E-state index contributed by atoms with van der Waals surface area (Å²) in [6.07, 6.45) is 8.07. The van der Waals surface area contributed by atoms with E-state index in [1.165, 1.54) is 12.8 Å². The first-order valence-electron chi connectivity index (χ1n) is 9.78. The minimum atomic E-state index is -1.05. The summed E-state index contributed by atoms with van der Waals surface area (Å²) in [5.74, 6) is -1.42. The van der Waals surface area contributed by atoms with Crippen LogP contribution in [0.5, 0.6) is 0 Å². The predicted molar refractivity (Wildman–Crippen MR) is 104 cm³/mol. The van der Waals surface area contributed by atoms with Crippen molar-refractivity contribution in [2.24, 2.45) is 0 Å². The average molecular weight is 372 g/mol. The number of H-pyrrole nitrogens is 1. The Morgan fingerprint density at radius 2 is 1.93 bits per heavy atom. The van der Waals surface area contributed by atoms with Crippen LogP contribution in [0.3, 0.4) is 0 Å². The summed E-state index contributed by atoms with van der Waals surface area (Å²) >= 11 is 0. The van der Waals surface area contributed by atoms with Crippen molar-refractivity contribution < 1.29 is 19.4 Å². The number of benzene rings is 1. The number of para-hydroxylation sites is 1. The number of aliphatic carboxylic acids is 1. The molecule has 1 aromatic heterocycles. The van der Waals surface area contributed by atoms with Crippen LogP contribution in [-0.4, -0.2) is 40.2 Å². The number of carboxylic acid groups (broad SMARTS) is 1. The predicted octanol–water partition coefficient (Wildman–Crippen LogP) is 3.41. The van der Waals surface area contributed by atoms with Gasteiger partial charge in [0.1, 0.15) is 12.1 Å². The van der Waals surface area contributed by atoms with E-state index in [9.17, 15) is 14.7 Å². The number of aromatic nitrogens is 1. The number of carbonyl (C=O) groups is 2. The second-order valence-corrected chi connectivity index (χ2v) is 7.35. The van der Waals surface area contributed by atoms with E-state index in [-0.39, 0.29) is 18.4 Å². The first kappa shape index (κ1) is 19.4. The van der Waals surface area contributed by atoms with Gasteiger partial charge in [-0.25, -0.2) is 4.79 Å². The number of fused-ring (bicyclic) bond motifs is 1. The van der Waals surface area contributed by atoms with Gasteiger partial charge in [-0.15, -0.1) is 0 Å². The number of amides is 1. The van der Waals surface area contributed by atoms with Crippen LogP contribution in [0.2, 0.25) is 0 Å². The van der Waals surface area contributed by atoms with Crippen LogP contribution in [0.15, 0.2) is 30.5 Å². The van der Waals surface area contributed by atoms with Gasteiger partial charge in [0.05, 0.1) is 6.10 Å². The van der Waals surface area contributed by atoms with E-state index in [1.807, 2.05) is 24.3 Å². The lowest BCUT2D eigenvalue weighted by molar-refractivity contribution is -0.145. The van der Waals surface area contributed by atoms with Gasteiger partial charge in [-0.1, -0.05) is 43.9 Å². The molecule has 2 aromatic rings. The van der Waals surface area contributed by atoms with E-state index in [2.05, 4.69) is 10.3 Å². The largest absolute Gasteiger partial charge is 0.480 e. The molecule has 0 spiro atoms. The van der Waals surface area contributed by atoms with Crippen molar-refractivity contribution in [1.82, 2.24) is 10.3 Å². The molecule has 27 heavy (non-hydrogen) atoms. The van der Waals surface area contributed by atoms with Crippen molar-refractivity contribution in [3.05, 3.63) is 36.0 Å². The van der Waals surface area contributed by atoms with E-state index in [4.69, 9.17) is 4.74 Å². The zero-order valence-corrected chi connectivity index (χ0v) is 15.7. The van der Waals surface area contributed by atoms with Gasteiger partial charge in [-0.3, -0.25) is 4.79 Å². The lowest BCUT2D eigenvalue weighted by atomic mass is 10.0. The number of hydrogen-bond acceptors (Lipinski definition) is 3. The van der Waals surface area contributed by atoms with Crippen molar-refractivity contribution in [2.75, 3.05) is 0 Å². The molecule has 2 atom stereocenters. The Bertz CT molecular complexity index is 777. The summed E-state index contributed by atoms with van der Waals surface area (Å²) in [4.78, 5) is 27.3. The summed E-state index contributed by atoms with van der Waals surface area (Å²) in [6, 6.07) is 6.73. The van der Waals surface area contributed by atoms with Crippen molar-refractivity contribution in [3.63, 3.8) is 0 Å². The Morgan fingerprint density at radius 3 is 2.63 bits per heavy atom. The summed E-state index contributed by atoms with van der Waals surface area (Å²) in [5, 5.41) is 13.2. The number of ether oxygens (including phenoxy) is 1. The number of nitrogens with one attached hydrogen (secondary N) is 2. The molecule has 1 aliphatic carbocycles. The minimum Gasteiger partial charge on any atom is -0.480 e. The van der Waals surface area contributed by atoms with Crippen molar-refractivity contribution in [2.45, 2.75) is 70.1 Å². The highest BCUT2D eigenvalue weighted by molar-refractivity contribution is 5.88. The first-order valence-corrected chi connectivity index (χ1v) is 9.78. The number of carboxylic acids is 1. The molecule has 2 unspecified atom stereocenters. The van der Waals surface area contributed by atoms with Gasteiger partial charge in [0.25, 0.3) is 0 Å². The molecule has 146 valence electrons. The standard InChI is InChI=1S/C21H28N2O4/c1-14(27-16-8-4-2-3-5-9-16)20(24)23-19(21(25)26)12-15-13-22-18-11-7-6-10-17(15)18/h6-7,10-11,13-14,16,19,22H,2-5,8-9,12H2,1H3,(H,23,24)(H,25,26). The molecule has 0 radical (unpaired) electrons. The smallest absolute Gasteiger partial charge is 0.326 e. The van der Waals surface area contributed by atoms with Crippen LogP contribution in [0, 0.1) is 0 Å². The number of rotatable bonds is 7. The van der Waals surface area contributed by atoms with Crippen LogP contribution in [-0.2, 0) is 20.7 Å². The molecule has 1 heterocycles. The topological polar surface area (TPSA) is 91.4 Å². The molecule has 3 N–H and O–H groups in total. The van der Waals surface area contributed by atoms with Crippen LogP contribution < -0.4 is 5.32 Å². The van der Waals surface area contributed by atoms with Gasteiger partial charge in [0.2, 0.25) is 5.91 Å². The maximum Gasteiger partial charge on any atom is 0.326 e. The second kappa shape index (κ2) is 9.04. The van der Waals surface area contributed by atoms with E-state index in [1.54, 1.807) is 13.1 Å². The highest BCUT2D eigenvalue weighted by Crippen LogP contribution is 2.21. The molecule has 1 aliphatic rings. The lowest BCUT2D eigenvalue weighted by Gasteiger charge is -2.22. The average Bonchev–Trinajstić information content (AvgIpc) is 2.88. The molecule has 0 saturated heterocycles. The maximum atomic E-state index is 12.5. The zero-order chi connectivity index (χ0) is 19.2. The summed E-state index contributed by atoms with van der Waals surface area (Å²) in [6.45, 7) is 1.70. The van der Waals surface area contributed by atoms with Crippen LogP contribution in [0.25, 0.3) is 10.9 Å². The Morgan fingerprint density at radius 1 is 1.22 bits per heavy atom. The van der Waals surface area contributed by atoms with Crippen molar-refractivity contribution in [3.8, 4) is 0 Å². The van der Waals surface area contributed by atoms with Gasteiger partial charge >= 0.3 is 5.97 Å². The molecular formula is C21H28N2O4. The zero-order valence-electron chi connectivity index (χ0n) is 15.7.